The number of hydrogen-bond acceptors (Lipinski definition) is 5. The number of alkyl halides is 3. The summed E-state index contributed by atoms with van der Waals surface area (Å²) in [6, 6.07) is 12.3. The maximum Gasteiger partial charge on any atom is 0.421 e. The van der Waals surface area contributed by atoms with Crippen molar-refractivity contribution in [2.45, 2.75) is 12.8 Å². The van der Waals surface area contributed by atoms with E-state index in [1.54, 1.807) is 0 Å². The molecule has 37 heavy (non-hydrogen) atoms. The van der Waals surface area contributed by atoms with Crippen LogP contribution in [0.5, 0.6) is 0 Å². The number of benzene rings is 3. The highest BCUT2D eigenvalue weighted by Crippen LogP contribution is 2.31. The van der Waals surface area contributed by atoms with Crippen molar-refractivity contribution in [3.8, 4) is 0 Å². The van der Waals surface area contributed by atoms with E-state index in [-0.39, 0.29) is 17.8 Å². The van der Waals surface area contributed by atoms with Crippen molar-refractivity contribution in [1.29, 1.82) is 0 Å². The fourth-order valence-corrected chi connectivity index (χ4v) is 4.41. The Labute approximate surface area is 207 Å². The minimum Gasteiger partial charge on any atom is -0.408 e. The van der Waals surface area contributed by atoms with E-state index in [0.29, 0.717) is 37.4 Å². The van der Waals surface area contributed by atoms with E-state index < -0.39 is 40.5 Å². The van der Waals surface area contributed by atoms with Crippen molar-refractivity contribution in [1.82, 2.24) is 9.47 Å². The monoisotopic (exact) mass is 517 g/mol. The lowest BCUT2D eigenvalue weighted by Crippen LogP contribution is -2.47. The van der Waals surface area contributed by atoms with Gasteiger partial charge in [-0.15, -0.1) is 0 Å². The average Bonchev–Trinajstić information content (AvgIpc) is 3.18. The van der Waals surface area contributed by atoms with Gasteiger partial charge in [-0.05, 0) is 54.6 Å². The fourth-order valence-electron chi connectivity index (χ4n) is 4.41. The van der Waals surface area contributed by atoms with Gasteiger partial charge in [-0.1, -0.05) is 6.07 Å². The molecule has 4 aromatic rings. The summed E-state index contributed by atoms with van der Waals surface area (Å²) >= 11 is 0. The number of hydrogen-bond donors (Lipinski definition) is 0. The van der Waals surface area contributed by atoms with Gasteiger partial charge in [0.05, 0.1) is 23.3 Å². The van der Waals surface area contributed by atoms with Gasteiger partial charge >= 0.3 is 11.9 Å². The summed E-state index contributed by atoms with van der Waals surface area (Å²) < 4.78 is 73.2. The third-order valence-electron chi connectivity index (χ3n) is 6.39. The average molecular weight is 517 g/mol. The first-order valence-electron chi connectivity index (χ1n) is 11.4. The van der Waals surface area contributed by atoms with Gasteiger partial charge in [-0.25, -0.2) is 13.6 Å². The highest BCUT2D eigenvalue weighted by molar-refractivity contribution is 6.10. The van der Waals surface area contributed by atoms with Crippen LogP contribution in [0.1, 0.15) is 21.5 Å². The maximum atomic E-state index is 14.0. The number of aromatic nitrogens is 1. The number of halogens is 5. The van der Waals surface area contributed by atoms with Crippen LogP contribution in [0.4, 0.5) is 27.6 Å². The van der Waals surface area contributed by atoms with Crippen LogP contribution in [0, 0.1) is 11.6 Å². The molecule has 0 aliphatic carbocycles. The summed E-state index contributed by atoms with van der Waals surface area (Å²) in [5, 5.41) is 0. The molecule has 5 rings (SSSR count). The Kier molecular flexibility index (Phi) is 6.32. The van der Waals surface area contributed by atoms with E-state index in [2.05, 4.69) is 0 Å². The molecule has 0 spiro atoms. The van der Waals surface area contributed by atoms with Crippen molar-refractivity contribution in [3.05, 3.63) is 99.5 Å². The summed E-state index contributed by atoms with van der Waals surface area (Å²) in [6.45, 7) is 2.37. The Bertz CT molecular complexity index is 1500. The highest BCUT2D eigenvalue weighted by Gasteiger charge is 2.30. The van der Waals surface area contributed by atoms with Crippen LogP contribution < -0.4 is 10.7 Å². The summed E-state index contributed by atoms with van der Waals surface area (Å²) in [5.41, 5.74) is -0.208. The number of fused-ring (bicyclic) bond motifs is 1. The predicted molar refractivity (Wildman–Crippen MR) is 125 cm³/mol. The SMILES string of the molecule is O=C(c1ccc2c(c1)oc(=O)n2CN1CCN(c2ccc(C(F)(F)F)cc2)CC1)c1c(F)cccc1F. The molecule has 0 amide bonds. The first kappa shape index (κ1) is 24.7. The molecular weight excluding hydrogens is 497 g/mol. The third-order valence-corrected chi connectivity index (χ3v) is 6.39. The van der Waals surface area contributed by atoms with Crippen LogP contribution in [0.15, 0.2) is 69.9 Å². The van der Waals surface area contributed by atoms with Gasteiger partial charge in [0.2, 0.25) is 0 Å². The molecule has 1 aliphatic heterocycles. The van der Waals surface area contributed by atoms with E-state index >= 15 is 0 Å². The molecule has 1 aliphatic rings. The van der Waals surface area contributed by atoms with Gasteiger partial charge < -0.3 is 9.32 Å². The zero-order chi connectivity index (χ0) is 26.3. The van der Waals surface area contributed by atoms with Gasteiger partial charge in [0.25, 0.3) is 0 Å². The van der Waals surface area contributed by atoms with Gasteiger partial charge in [0.15, 0.2) is 11.4 Å². The summed E-state index contributed by atoms with van der Waals surface area (Å²) in [6.07, 6.45) is -4.39. The van der Waals surface area contributed by atoms with E-state index in [0.717, 1.165) is 30.3 Å². The lowest BCUT2D eigenvalue weighted by Gasteiger charge is -2.36. The maximum absolute atomic E-state index is 14.0. The van der Waals surface area contributed by atoms with Crippen LogP contribution in [0.3, 0.4) is 0 Å². The molecule has 0 atom stereocenters. The number of oxazole rings is 1. The summed E-state index contributed by atoms with van der Waals surface area (Å²) in [7, 11) is 0. The largest absolute Gasteiger partial charge is 0.421 e. The number of ketones is 1. The molecule has 1 saturated heterocycles. The zero-order valence-corrected chi connectivity index (χ0v) is 19.3. The van der Waals surface area contributed by atoms with Crippen LogP contribution in [0.25, 0.3) is 11.1 Å². The first-order valence-corrected chi connectivity index (χ1v) is 11.4. The number of rotatable bonds is 5. The second kappa shape index (κ2) is 9.47. The van der Waals surface area contributed by atoms with Gasteiger partial charge in [-0.2, -0.15) is 13.2 Å². The Hall–Kier alpha value is -3.99. The normalized spacial score (nSPS) is 14.9. The van der Waals surface area contributed by atoms with E-state index in [1.807, 2.05) is 9.80 Å². The number of carbonyl (C=O) groups excluding carboxylic acids is 1. The lowest BCUT2D eigenvalue weighted by atomic mass is 10.0. The van der Waals surface area contributed by atoms with Crippen molar-refractivity contribution < 1.29 is 31.2 Å². The van der Waals surface area contributed by atoms with E-state index in [9.17, 15) is 31.5 Å². The minimum atomic E-state index is -4.39. The zero-order valence-electron chi connectivity index (χ0n) is 19.3. The van der Waals surface area contributed by atoms with Crippen molar-refractivity contribution in [2.75, 3.05) is 31.1 Å². The molecule has 192 valence electrons. The number of carbonyl (C=O) groups is 1. The summed E-state index contributed by atoms with van der Waals surface area (Å²) in [5.74, 6) is -3.49. The van der Waals surface area contributed by atoms with Gasteiger partial charge in [-0.3, -0.25) is 14.3 Å². The molecule has 3 aromatic carbocycles. The number of nitrogens with zero attached hydrogens (tertiary/aromatic N) is 3. The van der Waals surface area contributed by atoms with Crippen LogP contribution in [0.2, 0.25) is 0 Å². The van der Waals surface area contributed by atoms with Crippen LogP contribution in [-0.2, 0) is 12.8 Å². The molecular formula is C26H20F5N3O3. The van der Waals surface area contributed by atoms with Crippen molar-refractivity contribution in [2.24, 2.45) is 0 Å². The quantitative estimate of drug-likeness (QED) is 0.279. The van der Waals surface area contributed by atoms with Gasteiger partial charge in [0, 0.05) is 37.4 Å². The van der Waals surface area contributed by atoms with Crippen molar-refractivity contribution >= 4 is 22.6 Å². The van der Waals surface area contributed by atoms with E-state index in [4.69, 9.17) is 4.42 Å². The molecule has 0 N–H and O–H groups in total. The number of anilines is 1. The Balaban J connectivity index is 1.29. The summed E-state index contributed by atoms with van der Waals surface area (Å²) in [4.78, 5) is 29.2. The topological polar surface area (TPSA) is 58.7 Å². The van der Waals surface area contributed by atoms with Gasteiger partial charge in [0.1, 0.15) is 11.6 Å². The predicted octanol–water partition coefficient (Wildman–Crippen LogP) is 4.90. The Morgan fingerprint density at radius 1 is 0.892 bits per heavy atom. The minimum absolute atomic E-state index is 0.0254. The van der Waals surface area contributed by atoms with Crippen LogP contribution >= 0.6 is 0 Å². The first-order chi connectivity index (χ1) is 17.6. The van der Waals surface area contributed by atoms with Crippen LogP contribution in [-0.4, -0.2) is 41.4 Å². The fraction of sp³-hybridized carbons (Fsp3) is 0.231. The molecule has 0 bridgehead atoms. The Morgan fingerprint density at radius 2 is 1.54 bits per heavy atom. The smallest absolute Gasteiger partial charge is 0.408 e. The molecule has 2 heterocycles. The lowest BCUT2D eigenvalue weighted by molar-refractivity contribution is -0.137. The molecule has 0 saturated carbocycles. The molecule has 1 aromatic heterocycles. The second-order valence-electron chi connectivity index (χ2n) is 8.70. The van der Waals surface area contributed by atoms with E-state index in [1.165, 1.54) is 34.9 Å². The highest BCUT2D eigenvalue weighted by atomic mass is 19.4. The molecule has 0 radical (unpaired) electrons. The third kappa shape index (κ3) is 4.86. The molecule has 1 fully saturated rings. The molecule has 11 heteroatoms. The molecule has 6 nitrogen and oxygen atoms in total. The number of piperazine rings is 1. The Morgan fingerprint density at radius 3 is 2.16 bits per heavy atom. The molecule has 0 unspecified atom stereocenters. The standard InChI is InChI=1S/C26H20F5N3O3/c27-19-2-1-3-20(28)23(19)24(35)16-4-9-21-22(14-16)37-25(36)34(21)15-32-10-12-33(13-11-32)18-7-5-17(6-8-18)26(29,30)31/h1-9,14H,10-13,15H2. The van der Waals surface area contributed by atoms with Crippen molar-refractivity contribution in [3.63, 3.8) is 0 Å². The second-order valence-corrected chi connectivity index (χ2v) is 8.70.